The molecule has 1 unspecified atom stereocenters. The summed E-state index contributed by atoms with van der Waals surface area (Å²) >= 11 is 0. The number of hydrogen-bond donors (Lipinski definition) is 1. The van der Waals surface area contributed by atoms with Crippen LogP contribution < -0.4 is 5.32 Å². The topological polar surface area (TPSA) is 84.4 Å². The van der Waals surface area contributed by atoms with E-state index in [9.17, 15) is 9.59 Å². The van der Waals surface area contributed by atoms with E-state index in [2.05, 4.69) is 20.0 Å². The Bertz CT molecular complexity index is 424. The molecule has 0 spiro atoms. The smallest absolute Gasteiger partial charge is 0.309 e. The molecule has 0 aliphatic heterocycles. The minimum atomic E-state index is -0.293. The Kier molecular flexibility index (Phi) is 5.87. The first-order valence-corrected chi connectivity index (χ1v) is 5.86. The van der Waals surface area contributed by atoms with Crippen molar-refractivity contribution < 1.29 is 14.3 Å². The van der Waals surface area contributed by atoms with Crippen LogP contribution in [0.25, 0.3) is 0 Å². The third-order valence-electron chi connectivity index (χ3n) is 2.42. The summed E-state index contributed by atoms with van der Waals surface area (Å²) in [6.45, 7) is 2.34. The van der Waals surface area contributed by atoms with Crippen LogP contribution in [0.2, 0.25) is 0 Å². The molecule has 0 radical (unpaired) electrons. The van der Waals surface area contributed by atoms with Crippen LogP contribution >= 0.6 is 0 Å². The number of carbonyl (C=O) groups excluding carboxylic acids is 2. The van der Waals surface area contributed by atoms with E-state index in [1.165, 1.54) is 7.11 Å². The first-order valence-electron chi connectivity index (χ1n) is 5.86. The van der Waals surface area contributed by atoms with E-state index in [0.717, 1.165) is 0 Å². The second-order valence-electron chi connectivity index (χ2n) is 4.24. The van der Waals surface area contributed by atoms with Crippen molar-refractivity contribution in [2.75, 3.05) is 32.6 Å². The first kappa shape index (κ1) is 15.0. The lowest BCUT2D eigenvalue weighted by Gasteiger charge is -2.19. The molecule has 1 heterocycles. The molecular weight excluding hydrogens is 248 g/mol. The number of nitrogens with one attached hydrogen (secondary N) is 1. The summed E-state index contributed by atoms with van der Waals surface area (Å²) in [7, 11) is 3.10. The first-order chi connectivity index (χ1) is 9.02. The van der Waals surface area contributed by atoms with Gasteiger partial charge in [0.2, 0.25) is 11.9 Å². The number of methoxy groups -OCH3 is 1. The second kappa shape index (κ2) is 7.42. The lowest BCUT2D eigenvalue weighted by atomic mass is 10.2. The van der Waals surface area contributed by atoms with Gasteiger partial charge in [0.05, 0.1) is 19.6 Å². The van der Waals surface area contributed by atoms with Gasteiger partial charge in [-0.25, -0.2) is 9.97 Å². The predicted molar refractivity (Wildman–Crippen MR) is 69.3 cm³/mol. The van der Waals surface area contributed by atoms with Gasteiger partial charge in [-0.2, -0.15) is 0 Å². The molecule has 1 N–H and O–H groups in total. The number of esters is 1. The molecule has 1 atom stereocenters. The molecule has 0 saturated heterocycles. The monoisotopic (exact) mass is 266 g/mol. The summed E-state index contributed by atoms with van der Waals surface area (Å²) in [4.78, 5) is 32.5. The van der Waals surface area contributed by atoms with Crippen LogP contribution in [0.3, 0.4) is 0 Å². The SMILES string of the molecule is COC(=O)C(C)CN(C)CC(=O)Nc1ncccn1. The zero-order valence-electron chi connectivity index (χ0n) is 11.3. The molecule has 1 amide bonds. The third kappa shape index (κ3) is 5.43. The van der Waals surface area contributed by atoms with Crippen molar-refractivity contribution in [3.8, 4) is 0 Å². The highest BCUT2D eigenvalue weighted by atomic mass is 16.5. The average Bonchev–Trinajstić information content (AvgIpc) is 2.38. The number of rotatable bonds is 6. The van der Waals surface area contributed by atoms with Gasteiger partial charge in [0.1, 0.15) is 0 Å². The van der Waals surface area contributed by atoms with Gasteiger partial charge in [0.15, 0.2) is 0 Å². The quantitative estimate of drug-likeness (QED) is 0.738. The highest BCUT2D eigenvalue weighted by Crippen LogP contribution is 2.01. The minimum absolute atomic E-state index is 0.152. The highest BCUT2D eigenvalue weighted by molar-refractivity contribution is 5.90. The summed E-state index contributed by atoms with van der Waals surface area (Å²) < 4.78 is 4.63. The number of anilines is 1. The maximum absolute atomic E-state index is 11.7. The number of amides is 1. The van der Waals surface area contributed by atoms with E-state index in [1.807, 2.05) is 0 Å². The number of aromatic nitrogens is 2. The molecule has 0 aliphatic carbocycles. The molecule has 0 aliphatic rings. The van der Waals surface area contributed by atoms with Gasteiger partial charge < -0.3 is 4.74 Å². The van der Waals surface area contributed by atoms with Crippen LogP contribution in [0.4, 0.5) is 5.95 Å². The Hall–Kier alpha value is -2.02. The van der Waals surface area contributed by atoms with E-state index in [1.54, 1.807) is 37.3 Å². The maximum Gasteiger partial charge on any atom is 0.309 e. The molecule has 0 saturated carbocycles. The van der Waals surface area contributed by atoms with Gasteiger partial charge in [0, 0.05) is 18.9 Å². The molecule has 7 heteroatoms. The molecule has 0 fully saturated rings. The van der Waals surface area contributed by atoms with E-state index in [-0.39, 0.29) is 30.3 Å². The highest BCUT2D eigenvalue weighted by Gasteiger charge is 2.17. The number of carbonyl (C=O) groups is 2. The normalized spacial score (nSPS) is 12.0. The minimum Gasteiger partial charge on any atom is -0.469 e. The van der Waals surface area contributed by atoms with Crippen molar-refractivity contribution >= 4 is 17.8 Å². The summed E-state index contributed by atoms with van der Waals surface area (Å²) in [5.41, 5.74) is 0. The fraction of sp³-hybridized carbons (Fsp3) is 0.500. The number of ether oxygens (including phenoxy) is 1. The van der Waals surface area contributed by atoms with Crippen LogP contribution in [0, 0.1) is 5.92 Å². The van der Waals surface area contributed by atoms with Crippen LogP contribution in [0.15, 0.2) is 18.5 Å². The van der Waals surface area contributed by atoms with Gasteiger partial charge in [-0.15, -0.1) is 0 Å². The van der Waals surface area contributed by atoms with Crippen molar-refractivity contribution in [2.24, 2.45) is 5.92 Å². The summed E-state index contributed by atoms with van der Waals surface area (Å²) in [5.74, 6) is -0.540. The summed E-state index contributed by atoms with van der Waals surface area (Å²) in [5, 5.41) is 2.57. The fourth-order valence-electron chi connectivity index (χ4n) is 1.58. The molecule has 1 aromatic rings. The van der Waals surface area contributed by atoms with Crippen molar-refractivity contribution in [1.29, 1.82) is 0 Å². The Balaban J connectivity index is 2.38. The lowest BCUT2D eigenvalue weighted by Crippen LogP contribution is -2.35. The number of nitrogens with zero attached hydrogens (tertiary/aromatic N) is 3. The van der Waals surface area contributed by atoms with E-state index < -0.39 is 0 Å². The van der Waals surface area contributed by atoms with E-state index in [0.29, 0.717) is 6.54 Å². The molecule has 0 aromatic carbocycles. The van der Waals surface area contributed by atoms with Crippen molar-refractivity contribution in [3.63, 3.8) is 0 Å². The maximum atomic E-state index is 11.7. The molecule has 1 rings (SSSR count). The van der Waals surface area contributed by atoms with Gasteiger partial charge in [-0.1, -0.05) is 6.92 Å². The standard InChI is InChI=1S/C12H18N4O3/c1-9(11(18)19-3)7-16(2)8-10(17)15-12-13-5-4-6-14-12/h4-6,9H,7-8H2,1-3H3,(H,13,14,15,17). The predicted octanol–water partition coefficient (Wildman–Crippen LogP) is 0.156. The van der Waals surface area contributed by atoms with Gasteiger partial charge >= 0.3 is 5.97 Å². The number of hydrogen-bond acceptors (Lipinski definition) is 6. The van der Waals surface area contributed by atoms with Gasteiger partial charge in [-0.3, -0.25) is 19.8 Å². The second-order valence-corrected chi connectivity index (χ2v) is 4.24. The summed E-state index contributed by atoms with van der Waals surface area (Å²) in [6.07, 6.45) is 3.09. The zero-order chi connectivity index (χ0) is 14.3. The molecule has 19 heavy (non-hydrogen) atoms. The van der Waals surface area contributed by atoms with Gasteiger partial charge in [-0.05, 0) is 13.1 Å². The Morgan fingerprint density at radius 2 is 2.05 bits per heavy atom. The van der Waals surface area contributed by atoms with Crippen molar-refractivity contribution in [1.82, 2.24) is 14.9 Å². The van der Waals surface area contributed by atoms with Crippen molar-refractivity contribution in [3.05, 3.63) is 18.5 Å². The zero-order valence-corrected chi connectivity index (χ0v) is 11.3. The molecular formula is C12H18N4O3. The largest absolute Gasteiger partial charge is 0.469 e. The molecule has 104 valence electrons. The Morgan fingerprint density at radius 3 is 2.63 bits per heavy atom. The van der Waals surface area contributed by atoms with E-state index in [4.69, 9.17) is 0 Å². The Labute approximate surface area is 112 Å². The molecule has 0 bridgehead atoms. The van der Waals surface area contributed by atoms with Crippen LogP contribution in [-0.4, -0.2) is 54.0 Å². The van der Waals surface area contributed by atoms with Crippen LogP contribution in [0.5, 0.6) is 0 Å². The Morgan fingerprint density at radius 1 is 1.42 bits per heavy atom. The van der Waals surface area contributed by atoms with Crippen LogP contribution in [0.1, 0.15) is 6.92 Å². The third-order valence-corrected chi connectivity index (χ3v) is 2.42. The average molecular weight is 266 g/mol. The van der Waals surface area contributed by atoms with Crippen LogP contribution in [-0.2, 0) is 14.3 Å². The number of likely N-dealkylation sites (N-methyl/N-ethyl adjacent to an activating group) is 1. The van der Waals surface area contributed by atoms with E-state index >= 15 is 0 Å². The fourth-order valence-corrected chi connectivity index (χ4v) is 1.58. The molecule has 1 aromatic heterocycles. The molecule has 7 nitrogen and oxygen atoms in total. The van der Waals surface area contributed by atoms with Crippen molar-refractivity contribution in [2.45, 2.75) is 6.92 Å². The lowest BCUT2D eigenvalue weighted by molar-refractivity contribution is -0.145. The van der Waals surface area contributed by atoms with Gasteiger partial charge in [0.25, 0.3) is 0 Å². The summed E-state index contributed by atoms with van der Waals surface area (Å²) in [6, 6.07) is 1.67.